The Morgan fingerprint density at radius 1 is 1.50 bits per heavy atom. The smallest absolute Gasteiger partial charge is 0.0488 e. The van der Waals surface area contributed by atoms with Crippen molar-refractivity contribution >= 4 is 5.69 Å². The first-order valence-electron chi connectivity index (χ1n) is 4.48. The molecule has 1 rings (SSSR count). The van der Waals surface area contributed by atoms with Crippen LogP contribution in [0.1, 0.15) is 18.4 Å². The molecule has 1 nitrogen and oxygen atoms in total. The number of aryl methyl sites for hydroxylation is 1. The van der Waals surface area contributed by atoms with Crippen LogP contribution in [0.4, 0.5) is 5.69 Å². The highest BCUT2D eigenvalue weighted by Crippen LogP contribution is 2.11. The average Bonchev–Trinajstić information content (AvgIpc) is 2.20. The molecule has 69 valence electrons. The normalized spacial score (nSPS) is 8.29. The van der Waals surface area contributed by atoms with Crippen molar-refractivity contribution in [1.82, 2.24) is 0 Å². The lowest BCUT2D eigenvalue weighted by Crippen LogP contribution is -1.90. The minimum atomic E-state index is 0.705. The Kier molecular flexibility index (Phi) is 4.18. The SMILES string of the molecule is C#CCCC#CNc1cc[c]cc1C. The van der Waals surface area contributed by atoms with Gasteiger partial charge < -0.3 is 5.32 Å². The van der Waals surface area contributed by atoms with E-state index in [1.165, 1.54) is 0 Å². The van der Waals surface area contributed by atoms with E-state index in [2.05, 4.69) is 29.3 Å². The van der Waals surface area contributed by atoms with Crippen LogP contribution >= 0.6 is 0 Å². The summed E-state index contributed by atoms with van der Waals surface area (Å²) in [6, 6.07) is 11.6. The van der Waals surface area contributed by atoms with E-state index in [9.17, 15) is 0 Å². The second-order valence-corrected chi connectivity index (χ2v) is 2.87. The van der Waals surface area contributed by atoms with Crippen LogP contribution < -0.4 is 5.32 Å². The summed E-state index contributed by atoms with van der Waals surface area (Å²) in [5, 5.41) is 3.02. The molecule has 14 heavy (non-hydrogen) atoms. The monoisotopic (exact) mass is 182 g/mol. The molecule has 0 atom stereocenters. The van der Waals surface area contributed by atoms with E-state index >= 15 is 0 Å². The molecular formula is C13H12N. The van der Waals surface area contributed by atoms with Gasteiger partial charge in [-0.2, -0.15) is 0 Å². The van der Waals surface area contributed by atoms with Gasteiger partial charge in [-0.15, -0.1) is 12.3 Å². The highest BCUT2D eigenvalue weighted by atomic mass is 14.8. The summed E-state index contributed by atoms with van der Waals surface area (Å²) >= 11 is 0. The topological polar surface area (TPSA) is 12.0 Å². The molecule has 0 bridgehead atoms. The maximum Gasteiger partial charge on any atom is 0.0488 e. The van der Waals surface area contributed by atoms with Crippen LogP contribution in [0, 0.1) is 37.3 Å². The summed E-state index contributed by atoms with van der Waals surface area (Å²) in [7, 11) is 0. The number of unbranched alkanes of at least 4 members (excludes halogenated alkanes) is 1. The van der Waals surface area contributed by atoms with E-state index in [0.29, 0.717) is 6.42 Å². The maximum absolute atomic E-state index is 5.10. The molecule has 0 saturated carbocycles. The van der Waals surface area contributed by atoms with Crippen LogP contribution in [0.15, 0.2) is 18.2 Å². The van der Waals surface area contributed by atoms with Crippen molar-refractivity contribution in [2.45, 2.75) is 19.8 Å². The number of anilines is 1. The number of benzene rings is 1. The first-order valence-corrected chi connectivity index (χ1v) is 4.48. The molecule has 1 N–H and O–H groups in total. The van der Waals surface area contributed by atoms with E-state index in [-0.39, 0.29) is 0 Å². The molecular weight excluding hydrogens is 170 g/mol. The number of hydrogen-bond acceptors (Lipinski definition) is 1. The van der Waals surface area contributed by atoms with Gasteiger partial charge in [0.05, 0.1) is 0 Å². The van der Waals surface area contributed by atoms with Gasteiger partial charge in [0, 0.05) is 24.6 Å². The Morgan fingerprint density at radius 2 is 2.36 bits per heavy atom. The highest BCUT2D eigenvalue weighted by molar-refractivity contribution is 5.53. The Bertz CT molecular complexity index is 388. The zero-order valence-corrected chi connectivity index (χ0v) is 8.22. The Morgan fingerprint density at radius 3 is 3.07 bits per heavy atom. The predicted octanol–water partition coefficient (Wildman–Crippen LogP) is 2.58. The zero-order chi connectivity index (χ0) is 10.2. The van der Waals surface area contributed by atoms with Crippen molar-refractivity contribution < 1.29 is 0 Å². The second kappa shape index (κ2) is 5.73. The molecule has 0 aromatic heterocycles. The summed E-state index contributed by atoms with van der Waals surface area (Å²) in [4.78, 5) is 0. The first-order chi connectivity index (χ1) is 6.84. The lowest BCUT2D eigenvalue weighted by molar-refractivity contribution is 1.12. The number of rotatable bonds is 2. The fraction of sp³-hybridized carbons (Fsp3) is 0.231. The van der Waals surface area contributed by atoms with Crippen LogP contribution in [-0.4, -0.2) is 0 Å². The van der Waals surface area contributed by atoms with E-state index in [0.717, 1.165) is 17.7 Å². The van der Waals surface area contributed by atoms with E-state index in [4.69, 9.17) is 6.42 Å². The lowest BCUT2D eigenvalue weighted by atomic mass is 10.2. The Labute approximate surface area is 85.5 Å². The van der Waals surface area contributed by atoms with Gasteiger partial charge >= 0.3 is 0 Å². The second-order valence-electron chi connectivity index (χ2n) is 2.87. The molecule has 0 saturated heterocycles. The van der Waals surface area contributed by atoms with Gasteiger partial charge in [0.1, 0.15) is 0 Å². The van der Waals surface area contributed by atoms with E-state index in [1.54, 1.807) is 0 Å². The van der Waals surface area contributed by atoms with Gasteiger partial charge in [-0.25, -0.2) is 0 Å². The molecule has 1 aromatic carbocycles. The van der Waals surface area contributed by atoms with Crippen LogP contribution in [0.5, 0.6) is 0 Å². The van der Waals surface area contributed by atoms with Gasteiger partial charge in [-0.1, -0.05) is 12.0 Å². The number of terminal acetylenes is 1. The third-order valence-corrected chi connectivity index (χ3v) is 1.75. The molecule has 0 aliphatic rings. The third-order valence-electron chi connectivity index (χ3n) is 1.75. The van der Waals surface area contributed by atoms with Gasteiger partial charge in [0.15, 0.2) is 0 Å². The third kappa shape index (κ3) is 3.25. The van der Waals surface area contributed by atoms with Gasteiger partial charge in [-0.05, 0) is 30.7 Å². The average molecular weight is 182 g/mol. The fourth-order valence-corrected chi connectivity index (χ4v) is 0.963. The van der Waals surface area contributed by atoms with Crippen molar-refractivity contribution in [3.8, 4) is 24.3 Å². The standard InChI is InChI=1S/C13H12N/c1-3-4-5-8-11-14-13-10-7-6-9-12(13)2/h1,7,9-10,14H,4-5H2,2H3. The molecule has 1 aromatic rings. The van der Waals surface area contributed by atoms with Crippen molar-refractivity contribution in [2.24, 2.45) is 0 Å². The van der Waals surface area contributed by atoms with Gasteiger partial charge in [0.2, 0.25) is 0 Å². The fourth-order valence-electron chi connectivity index (χ4n) is 0.963. The highest BCUT2D eigenvalue weighted by Gasteiger charge is 1.91. The van der Waals surface area contributed by atoms with Crippen LogP contribution in [0.25, 0.3) is 0 Å². The molecule has 0 aliphatic carbocycles. The first kappa shape index (κ1) is 10.2. The zero-order valence-electron chi connectivity index (χ0n) is 8.22. The van der Waals surface area contributed by atoms with Crippen LogP contribution in [0.3, 0.4) is 0 Å². The number of nitrogens with one attached hydrogen (secondary N) is 1. The van der Waals surface area contributed by atoms with E-state index in [1.807, 2.05) is 25.1 Å². The van der Waals surface area contributed by atoms with Gasteiger partial charge in [-0.3, -0.25) is 0 Å². The minimum absolute atomic E-state index is 0.705. The molecule has 0 amide bonds. The van der Waals surface area contributed by atoms with Crippen LogP contribution in [0.2, 0.25) is 0 Å². The van der Waals surface area contributed by atoms with Gasteiger partial charge in [0.25, 0.3) is 0 Å². The largest absolute Gasteiger partial charge is 0.315 e. The molecule has 0 fully saturated rings. The lowest BCUT2D eigenvalue weighted by Gasteiger charge is -2.00. The molecule has 1 radical (unpaired) electrons. The number of hydrogen-bond donors (Lipinski definition) is 1. The predicted molar refractivity (Wildman–Crippen MR) is 59.5 cm³/mol. The quantitative estimate of drug-likeness (QED) is 0.421. The summed E-state index contributed by atoms with van der Waals surface area (Å²) in [5.41, 5.74) is 2.16. The summed E-state index contributed by atoms with van der Waals surface area (Å²) < 4.78 is 0. The minimum Gasteiger partial charge on any atom is -0.315 e. The maximum atomic E-state index is 5.10. The Hall–Kier alpha value is -1.86. The molecule has 0 unspecified atom stereocenters. The Balaban J connectivity index is 2.49. The van der Waals surface area contributed by atoms with Crippen molar-refractivity contribution in [3.05, 3.63) is 29.8 Å². The summed E-state index contributed by atoms with van der Waals surface area (Å²) in [6.45, 7) is 2.02. The summed E-state index contributed by atoms with van der Waals surface area (Å²) in [6.07, 6.45) is 6.55. The molecule has 1 heteroatoms. The van der Waals surface area contributed by atoms with E-state index < -0.39 is 0 Å². The van der Waals surface area contributed by atoms with Crippen LogP contribution in [-0.2, 0) is 0 Å². The molecule has 0 aliphatic heterocycles. The van der Waals surface area contributed by atoms with Crippen molar-refractivity contribution in [1.29, 1.82) is 0 Å². The van der Waals surface area contributed by atoms with Crippen molar-refractivity contribution in [3.63, 3.8) is 0 Å². The molecule has 0 heterocycles. The molecule has 0 spiro atoms. The van der Waals surface area contributed by atoms with Crippen molar-refractivity contribution in [2.75, 3.05) is 5.32 Å². The summed E-state index contributed by atoms with van der Waals surface area (Å²) in [5.74, 6) is 5.49.